The van der Waals surface area contributed by atoms with Gasteiger partial charge >= 0.3 is 0 Å². The van der Waals surface area contributed by atoms with Crippen LogP contribution in [0.1, 0.15) is 73.6 Å². The lowest BCUT2D eigenvalue weighted by Gasteiger charge is -2.30. The van der Waals surface area contributed by atoms with Crippen molar-refractivity contribution >= 4 is 47.6 Å². The lowest BCUT2D eigenvalue weighted by atomic mass is 10.0. The highest BCUT2D eigenvalue weighted by Crippen LogP contribution is 2.20. The summed E-state index contributed by atoms with van der Waals surface area (Å²) in [6, 6.07) is -1.41. The number of rotatable bonds is 25. The Morgan fingerprint density at radius 1 is 0.887 bits per heavy atom. The molecular formula is C35H63N9O9. The van der Waals surface area contributed by atoms with Crippen molar-refractivity contribution in [1.29, 1.82) is 0 Å². The van der Waals surface area contributed by atoms with Crippen LogP contribution in [0.3, 0.4) is 0 Å². The van der Waals surface area contributed by atoms with E-state index in [9.17, 15) is 33.6 Å². The lowest BCUT2D eigenvalue weighted by Crippen LogP contribution is -2.53. The number of oxime groups is 1. The molecule has 1 aliphatic rings. The van der Waals surface area contributed by atoms with Gasteiger partial charge < -0.3 is 40.8 Å². The summed E-state index contributed by atoms with van der Waals surface area (Å²) < 4.78 is 0. The largest absolute Gasteiger partial charge is 0.395 e. The third-order valence-corrected chi connectivity index (χ3v) is 8.62. The van der Waals surface area contributed by atoms with E-state index in [4.69, 9.17) is 9.68 Å². The molecule has 302 valence electrons. The van der Waals surface area contributed by atoms with Gasteiger partial charge in [0.2, 0.25) is 35.4 Å². The summed E-state index contributed by atoms with van der Waals surface area (Å²) in [6.07, 6.45) is 3.10. The van der Waals surface area contributed by atoms with Gasteiger partial charge in [0.05, 0.1) is 6.42 Å². The summed E-state index contributed by atoms with van der Waals surface area (Å²) in [7, 11) is 3.07. The molecule has 3 atom stereocenters. The number of carbonyl (C=O) groups is 7. The van der Waals surface area contributed by atoms with E-state index < -0.39 is 18.0 Å². The van der Waals surface area contributed by atoms with Crippen LogP contribution in [0.2, 0.25) is 0 Å². The average molecular weight is 754 g/mol. The van der Waals surface area contributed by atoms with Crippen LogP contribution < -0.4 is 26.7 Å². The maximum Gasteiger partial charge on any atom is 0.266 e. The molecule has 0 radical (unpaired) electrons. The molecule has 1 unspecified atom stereocenters. The molecule has 0 aromatic heterocycles. The molecular weight excluding hydrogens is 690 g/mol. The first-order valence-corrected chi connectivity index (χ1v) is 18.5. The Kier molecular flexibility index (Phi) is 22.6. The van der Waals surface area contributed by atoms with Gasteiger partial charge in [-0.25, -0.2) is 5.48 Å². The molecule has 1 aliphatic heterocycles. The highest BCUT2D eigenvalue weighted by atomic mass is 16.6. The van der Waals surface area contributed by atoms with E-state index in [0.29, 0.717) is 32.2 Å². The van der Waals surface area contributed by atoms with Crippen LogP contribution in [0.15, 0.2) is 5.16 Å². The smallest absolute Gasteiger partial charge is 0.266 e. The van der Waals surface area contributed by atoms with Gasteiger partial charge in [-0.2, -0.15) is 0 Å². The number of hydrogen-bond donors (Lipinski definition) is 5. The van der Waals surface area contributed by atoms with E-state index in [0.717, 1.165) is 6.21 Å². The second kappa shape index (κ2) is 25.6. The molecule has 53 heavy (non-hydrogen) atoms. The van der Waals surface area contributed by atoms with Gasteiger partial charge in [-0.3, -0.25) is 38.4 Å². The molecule has 0 saturated carbocycles. The quantitative estimate of drug-likeness (QED) is 0.0452. The fourth-order valence-electron chi connectivity index (χ4n) is 5.54. The Morgan fingerprint density at radius 2 is 1.51 bits per heavy atom. The van der Waals surface area contributed by atoms with E-state index in [-0.39, 0.29) is 112 Å². The lowest BCUT2D eigenvalue weighted by molar-refractivity contribution is -0.141. The van der Waals surface area contributed by atoms with Crippen LogP contribution in [0.4, 0.5) is 0 Å². The molecule has 18 nitrogen and oxygen atoms in total. The van der Waals surface area contributed by atoms with Gasteiger partial charge in [-0.15, -0.1) is 0 Å². The standard InChI is InChI=1S/C35H63N9O9/c1-9-26(6)34(50)43(17-14-39-31(47)23-53-37-8)19-18-42(33(49)25(4)5)16-13-38-29(45)12-20-52-40-22-30(46)41-27(21-24(2)3)35(51)44-15-10-11-28(44)32(48)36-7/h22,24-28,37H,9-21,23H2,1-8H3,(H,36,48)(H,38,45)(H,39,47)(H,41,46)/b40-22+/t26?,27-,28-/m0/s1. The number of likely N-dealkylation sites (tertiary alicyclic amines) is 1. The highest BCUT2D eigenvalue weighted by Gasteiger charge is 2.37. The number of amides is 7. The molecule has 5 N–H and O–H groups in total. The number of nitrogens with zero attached hydrogens (tertiary/aromatic N) is 4. The van der Waals surface area contributed by atoms with Gasteiger partial charge in [0, 0.05) is 71.7 Å². The predicted molar refractivity (Wildman–Crippen MR) is 198 cm³/mol. The zero-order chi connectivity index (χ0) is 39.9. The Bertz CT molecular complexity index is 1230. The minimum absolute atomic E-state index is 0.0658. The monoisotopic (exact) mass is 753 g/mol. The molecule has 1 heterocycles. The average Bonchev–Trinajstić information content (AvgIpc) is 3.62. The Balaban J connectivity index is 2.63. The van der Waals surface area contributed by atoms with Gasteiger partial charge in [0.1, 0.15) is 31.5 Å². The zero-order valence-electron chi connectivity index (χ0n) is 32.8. The summed E-state index contributed by atoms with van der Waals surface area (Å²) in [5.74, 6) is -2.56. The summed E-state index contributed by atoms with van der Waals surface area (Å²) in [6.45, 7) is 12.6. The Hall–Kier alpha value is -4.32. The van der Waals surface area contributed by atoms with E-state index in [1.54, 1.807) is 30.7 Å². The van der Waals surface area contributed by atoms with Crippen molar-refractivity contribution in [2.24, 2.45) is 22.9 Å². The number of hydroxylamine groups is 1. The summed E-state index contributed by atoms with van der Waals surface area (Å²) in [4.78, 5) is 103. The van der Waals surface area contributed by atoms with Crippen molar-refractivity contribution in [1.82, 2.24) is 41.4 Å². The van der Waals surface area contributed by atoms with Crippen molar-refractivity contribution in [3.63, 3.8) is 0 Å². The molecule has 7 amide bonds. The Labute approximate surface area is 313 Å². The van der Waals surface area contributed by atoms with E-state index >= 15 is 0 Å². The molecule has 1 saturated heterocycles. The predicted octanol–water partition coefficient (Wildman–Crippen LogP) is -0.610. The van der Waals surface area contributed by atoms with Crippen LogP contribution in [-0.4, -0.2) is 147 Å². The maximum atomic E-state index is 13.3. The third kappa shape index (κ3) is 17.8. The second-order valence-electron chi connectivity index (χ2n) is 13.6. The molecule has 0 aromatic rings. The van der Waals surface area contributed by atoms with Gasteiger partial charge in [0.25, 0.3) is 5.91 Å². The Morgan fingerprint density at radius 3 is 2.08 bits per heavy atom. The van der Waals surface area contributed by atoms with E-state index in [1.807, 2.05) is 27.7 Å². The highest BCUT2D eigenvalue weighted by molar-refractivity contribution is 6.26. The zero-order valence-corrected chi connectivity index (χ0v) is 32.8. The molecule has 0 spiro atoms. The van der Waals surface area contributed by atoms with Crippen LogP contribution in [0.5, 0.6) is 0 Å². The number of hydrogen-bond acceptors (Lipinski definition) is 11. The molecule has 18 heteroatoms. The van der Waals surface area contributed by atoms with Gasteiger partial charge in [-0.1, -0.05) is 46.7 Å². The van der Waals surface area contributed by atoms with Crippen molar-refractivity contribution in [2.75, 3.05) is 73.1 Å². The first kappa shape index (κ1) is 46.7. The molecule has 1 fully saturated rings. The van der Waals surface area contributed by atoms with Crippen LogP contribution in [-0.2, 0) is 43.2 Å². The molecule has 0 aromatic carbocycles. The SMILES string of the molecule is CCC(C)C(=O)N(CCNC(=O)CONC)CCN(CCNC(=O)CCO/N=C/C(=O)N[C@@H](CC(C)C)C(=O)N1CCC[C@H]1C(=O)NC)C(=O)C(C)C. The number of likely N-dealkylation sites (N-methyl/N-ethyl adjacent to an activating group) is 1. The van der Waals surface area contributed by atoms with Gasteiger partial charge in [-0.05, 0) is 31.6 Å². The summed E-state index contributed by atoms with van der Waals surface area (Å²) >= 11 is 0. The third-order valence-electron chi connectivity index (χ3n) is 8.62. The van der Waals surface area contributed by atoms with Crippen molar-refractivity contribution in [3.05, 3.63) is 0 Å². The second-order valence-corrected chi connectivity index (χ2v) is 13.6. The van der Waals surface area contributed by atoms with Crippen LogP contribution >= 0.6 is 0 Å². The van der Waals surface area contributed by atoms with Gasteiger partial charge in [0.15, 0.2) is 0 Å². The van der Waals surface area contributed by atoms with Crippen molar-refractivity contribution < 1.29 is 43.2 Å². The number of nitrogens with one attached hydrogen (secondary N) is 5. The topological polar surface area (TPSA) is 220 Å². The van der Waals surface area contributed by atoms with E-state index in [1.165, 1.54) is 11.9 Å². The maximum absolute atomic E-state index is 13.3. The van der Waals surface area contributed by atoms with Crippen LogP contribution in [0.25, 0.3) is 0 Å². The molecule has 1 rings (SSSR count). The number of carbonyl (C=O) groups excluding carboxylic acids is 7. The van der Waals surface area contributed by atoms with Crippen LogP contribution in [0, 0.1) is 17.8 Å². The van der Waals surface area contributed by atoms with Crippen molar-refractivity contribution in [3.8, 4) is 0 Å². The first-order valence-electron chi connectivity index (χ1n) is 18.5. The fraction of sp³-hybridized carbons (Fsp3) is 0.771. The minimum atomic E-state index is -0.841. The molecule has 0 aliphatic carbocycles. The fourth-order valence-corrected chi connectivity index (χ4v) is 5.54. The van der Waals surface area contributed by atoms with Crippen molar-refractivity contribution in [2.45, 2.75) is 85.7 Å². The first-order chi connectivity index (χ1) is 25.2. The summed E-state index contributed by atoms with van der Waals surface area (Å²) in [5, 5.41) is 14.3. The van der Waals surface area contributed by atoms with E-state index in [2.05, 4.69) is 31.9 Å². The minimum Gasteiger partial charge on any atom is -0.395 e. The normalized spacial score (nSPS) is 15.2. The molecule has 0 bridgehead atoms. The summed E-state index contributed by atoms with van der Waals surface area (Å²) in [5.41, 5.74) is 2.42.